The highest BCUT2D eigenvalue weighted by Crippen LogP contribution is 2.27. The standard InChI is InChI=1S/C20H16N2O4S2/c23-20(22-24)19-11-16-6-5-13(9-18(16)27-19)12-21-28(25,26)17-8-7-14-3-1-2-4-15(14)10-17/h1-11,21,24H,12H2,(H,22,23). The van der Waals surface area contributed by atoms with Crippen LogP contribution >= 0.6 is 11.3 Å². The molecule has 1 heterocycles. The van der Waals surface area contributed by atoms with E-state index in [0.29, 0.717) is 4.88 Å². The minimum absolute atomic E-state index is 0.129. The molecule has 142 valence electrons. The highest BCUT2D eigenvalue weighted by atomic mass is 32.2. The number of hydrogen-bond donors (Lipinski definition) is 3. The van der Waals surface area contributed by atoms with Gasteiger partial charge in [0.15, 0.2) is 0 Å². The molecule has 28 heavy (non-hydrogen) atoms. The monoisotopic (exact) mass is 412 g/mol. The first-order chi connectivity index (χ1) is 13.5. The number of carbonyl (C=O) groups is 1. The fraction of sp³-hybridized carbons (Fsp3) is 0.0500. The molecule has 0 saturated heterocycles. The molecule has 1 aromatic heterocycles. The van der Waals surface area contributed by atoms with Crippen LogP contribution in [0.4, 0.5) is 0 Å². The lowest BCUT2D eigenvalue weighted by atomic mass is 10.1. The number of rotatable bonds is 5. The number of thiophene rings is 1. The summed E-state index contributed by atoms with van der Waals surface area (Å²) in [7, 11) is -3.66. The average Bonchev–Trinajstić information content (AvgIpc) is 3.15. The lowest BCUT2D eigenvalue weighted by molar-refractivity contribution is 0.0711. The lowest BCUT2D eigenvalue weighted by Crippen LogP contribution is -2.23. The van der Waals surface area contributed by atoms with E-state index in [1.807, 2.05) is 36.4 Å². The SMILES string of the molecule is O=C(NO)c1cc2ccc(CNS(=O)(=O)c3ccc4ccccc4c3)cc2s1. The van der Waals surface area contributed by atoms with Gasteiger partial charge in [0.05, 0.1) is 9.77 Å². The molecule has 0 unspecified atom stereocenters. The van der Waals surface area contributed by atoms with Gasteiger partial charge in [0, 0.05) is 11.2 Å². The maximum Gasteiger partial charge on any atom is 0.284 e. The first-order valence-corrected chi connectivity index (χ1v) is 10.7. The second-order valence-corrected chi connectivity index (χ2v) is 9.11. The van der Waals surface area contributed by atoms with E-state index in [1.54, 1.807) is 35.8 Å². The zero-order valence-corrected chi connectivity index (χ0v) is 16.2. The zero-order chi connectivity index (χ0) is 19.7. The molecule has 0 aliphatic carbocycles. The van der Waals surface area contributed by atoms with Crippen molar-refractivity contribution < 1.29 is 18.4 Å². The van der Waals surface area contributed by atoms with Crippen LogP contribution in [0.3, 0.4) is 0 Å². The number of sulfonamides is 1. The minimum Gasteiger partial charge on any atom is -0.288 e. The van der Waals surface area contributed by atoms with Crippen molar-refractivity contribution in [2.45, 2.75) is 11.4 Å². The molecule has 0 aliphatic rings. The first-order valence-electron chi connectivity index (χ1n) is 8.42. The second kappa shape index (κ2) is 7.33. The Labute approximate surface area is 165 Å². The number of carbonyl (C=O) groups excluding carboxylic acids is 1. The van der Waals surface area contributed by atoms with Gasteiger partial charge in [-0.2, -0.15) is 0 Å². The molecule has 0 bridgehead atoms. The van der Waals surface area contributed by atoms with Crippen molar-refractivity contribution >= 4 is 48.1 Å². The quantitative estimate of drug-likeness (QED) is 0.344. The van der Waals surface area contributed by atoms with Gasteiger partial charge in [-0.05, 0) is 46.0 Å². The van der Waals surface area contributed by atoms with Crippen molar-refractivity contribution in [3.63, 3.8) is 0 Å². The van der Waals surface area contributed by atoms with Crippen molar-refractivity contribution in [2.24, 2.45) is 0 Å². The van der Waals surface area contributed by atoms with Gasteiger partial charge in [0.1, 0.15) is 0 Å². The molecular formula is C20H16N2O4S2. The van der Waals surface area contributed by atoms with E-state index < -0.39 is 15.9 Å². The molecule has 0 fully saturated rings. The van der Waals surface area contributed by atoms with E-state index in [4.69, 9.17) is 5.21 Å². The van der Waals surface area contributed by atoms with Gasteiger partial charge in [0.25, 0.3) is 5.91 Å². The van der Waals surface area contributed by atoms with Crippen LogP contribution in [-0.4, -0.2) is 19.5 Å². The van der Waals surface area contributed by atoms with Gasteiger partial charge in [-0.3, -0.25) is 10.0 Å². The second-order valence-electron chi connectivity index (χ2n) is 6.26. The van der Waals surface area contributed by atoms with E-state index in [9.17, 15) is 13.2 Å². The van der Waals surface area contributed by atoms with Gasteiger partial charge >= 0.3 is 0 Å². The molecule has 1 amide bonds. The molecular weight excluding hydrogens is 396 g/mol. The molecule has 0 saturated carbocycles. The first kappa shape index (κ1) is 18.6. The van der Waals surface area contributed by atoms with Crippen molar-refractivity contribution in [3.8, 4) is 0 Å². The summed E-state index contributed by atoms with van der Waals surface area (Å²) < 4.78 is 28.8. The molecule has 4 rings (SSSR count). The molecule has 3 aromatic carbocycles. The number of nitrogens with one attached hydrogen (secondary N) is 2. The molecule has 3 N–H and O–H groups in total. The van der Waals surface area contributed by atoms with E-state index >= 15 is 0 Å². The summed E-state index contributed by atoms with van der Waals surface area (Å²) in [6.07, 6.45) is 0. The fourth-order valence-electron chi connectivity index (χ4n) is 2.95. The Morgan fingerprint density at radius 1 is 0.929 bits per heavy atom. The molecule has 0 spiro atoms. The Morgan fingerprint density at radius 2 is 1.68 bits per heavy atom. The number of fused-ring (bicyclic) bond motifs is 2. The van der Waals surface area contributed by atoms with Crippen LogP contribution in [0.2, 0.25) is 0 Å². The molecule has 0 aliphatic heterocycles. The Morgan fingerprint density at radius 3 is 2.46 bits per heavy atom. The lowest BCUT2D eigenvalue weighted by Gasteiger charge is -2.08. The third-order valence-corrected chi connectivity index (χ3v) is 6.90. The summed E-state index contributed by atoms with van der Waals surface area (Å²) in [6.45, 7) is 0.129. The molecule has 4 aromatic rings. The number of amides is 1. The Balaban J connectivity index is 1.56. The van der Waals surface area contributed by atoms with Gasteiger partial charge < -0.3 is 0 Å². The Hall–Kier alpha value is -2.78. The zero-order valence-electron chi connectivity index (χ0n) is 14.5. The smallest absolute Gasteiger partial charge is 0.284 e. The number of benzene rings is 3. The van der Waals surface area contributed by atoms with Gasteiger partial charge in [0.2, 0.25) is 10.0 Å². The third-order valence-electron chi connectivity index (χ3n) is 4.41. The van der Waals surface area contributed by atoms with Crippen LogP contribution in [0.5, 0.6) is 0 Å². The Kier molecular flexibility index (Phi) is 4.86. The predicted molar refractivity (Wildman–Crippen MR) is 109 cm³/mol. The van der Waals surface area contributed by atoms with Gasteiger partial charge in [-0.1, -0.05) is 42.5 Å². The summed E-state index contributed by atoms with van der Waals surface area (Å²) in [5.41, 5.74) is 2.39. The van der Waals surface area contributed by atoms with Crippen molar-refractivity contribution in [3.05, 3.63) is 77.2 Å². The summed E-state index contributed by atoms with van der Waals surface area (Å²) in [6, 6.07) is 19.7. The van der Waals surface area contributed by atoms with Crippen LogP contribution in [0.25, 0.3) is 20.9 Å². The van der Waals surface area contributed by atoms with E-state index in [1.165, 1.54) is 11.3 Å². The largest absolute Gasteiger partial charge is 0.288 e. The Bertz CT molecular complexity index is 1300. The maximum atomic E-state index is 12.7. The predicted octanol–water partition coefficient (Wildman–Crippen LogP) is 3.65. The van der Waals surface area contributed by atoms with Gasteiger partial charge in [-0.15, -0.1) is 11.3 Å². The normalized spacial score (nSPS) is 11.8. The fourth-order valence-corrected chi connectivity index (χ4v) is 5.02. The van der Waals surface area contributed by atoms with E-state index in [2.05, 4.69) is 4.72 Å². The molecule has 6 nitrogen and oxygen atoms in total. The van der Waals surface area contributed by atoms with E-state index in [0.717, 1.165) is 26.4 Å². The molecule has 8 heteroatoms. The van der Waals surface area contributed by atoms with Crippen molar-refractivity contribution in [1.29, 1.82) is 0 Å². The number of hydrogen-bond acceptors (Lipinski definition) is 5. The van der Waals surface area contributed by atoms with Crippen LogP contribution in [-0.2, 0) is 16.6 Å². The third kappa shape index (κ3) is 3.63. The highest BCUT2D eigenvalue weighted by Gasteiger charge is 2.15. The van der Waals surface area contributed by atoms with Crippen molar-refractivity contribution in [2.75, 3.05) is 0 Å². The van der Waals surface area contributed by atoms with Crippen LogP contribution in [0.1, 0.15) is 15.2 Å². The molecule has 0 atom stereocenters. The molecule has 0 radical (unpaired) electrons. The summed E-state index contributed by atoms with van der Waals surface area (Å²) in [4.78, 5) is 12.1. The van der Waals surface area contributed by atoms with E-state index in [-0.39, 0.29) is 11.4 Å². The minimum atomic E-state index is -3.66. The maximum absolute atomic E-state index is 12.7. The van der Waals surface area contributed by atoms with Crippen LogP contribution in [0, 0.1) is 0 Å². The average molecular weight is 412 g/mol. The topological polar surface area (TPSA) is 95.5 Å². The number of hydroxylamine groups is 1. The van der Waals surface area contributed by atoms with Crippen LogP contribution < -0.4 is 10.2 Å². The highest BCUT2D eigenvalue weighted by molar-refractivity contribution is 7.89. The summed E-state index contributed by atoms with van der Waals surface area (Å²) in [5.74, 6) is -0.570. The van der Waals surface area contributed by atoms with Crippen molar-refractivity contribution in [1.82, 2.24) is 10.2 Å². The van der Waals surface area contributed by atoms with Crippen LogP contribution in [0.15, 0.2) is 71.6 Å². The van der Waals surface area contributed by atoms with Gasteiger partial charge in [-0.25, -0.2) is 18.6 Å². The summed E-state index contributed by atoms with van der Waals surface area (Å²) >= 11 is 1.23. The summed E-state index contributed by atoms with van der Waals surface area (Å²) in [5, 5.41) is 11.4.